The highest BCUT2D eigenvalue weighted by molar-refractivity contribution is 7.26. The van der Waals surface area contributed by atoms with E-state index < -0.39 is 0 Å². The molecule has 4 nitrogen and oxygen atoms in total. The third-order valence-electron chi connectivity index (χ3n) is 11.4. The van der Waals surface area contributed by atoms with Crippen molar-refractivity contribution in [3.05, 3.63) is 194 Å². The van der Waals surface area contributed by atoms with Crippen molar-refractivity contribution in [1.29, 1.82) is 0 Å². The lowest BCUT2D eigenvalue weighted by Gasteiger charge is -2.12. The van der Waals surface area contributed by atoms with Gasteiger partial charge >= 0.3 is 0 Å². The van der Waals surface area contributed by atoms with Crippen molar-refractivity contribution in [2.45, 2.75) is 0 Å². The fourth-order valence-electron chi connectivity index (χ4n) is 8.78. The summed E-state index contributed by atoms with van der Waals surface area (Å²) in [5.74, 6) is 1.53. The van der Waals surface area contributed by atoms with Crippen LogP contribution in [0.3, 0.4) is 0 Å². The molecule has 0 saturated carbocycles. The van der Waals surface area contributed by atoms with E-state index in [-0.39, 0.29) is 0 Å². The van der Waals surface area contributed by atoms with Gasteiger partial charge in [-0.2, -0.15) is 0 Å². The van der Waals surface area contributed by atoms with Gasteiger partial charge in [-0.25, -0.2) is 15.0 Å². The fourth-order valence-corrected chi connectivity index (χ4v) is 10.0. The first-order valence-corrected chi connectivity index (χ1v) is 20.3. The molecule has 0 saturated heterocycles. The van der Waals surface area contributed by atoms with Crippen molar-refractivity contribution in [3.8, 4) is 50.8 Å². The zero-order valence-electron chi connectivity index (χ0n) is 31.2. The lowest BCUT2D eigenvalue weighted by molar-refractivity contribution is 1.05. The van der Waals surface area contributed by atoms with Gasteiger partial charge in [0.25, 0.3) is 0 Å². The molecular weight excluding hydrogens is 725 g/mol. The molecule has 8 aromatic carbocycles. The Kier molecular flexibility index (Phi) is 7.37. The first kappa shape index (κ1) is 32.7. The molecule has 0 fully saturated rings. The second kappa shape index (κ2) is 13.1. The van der Waals surface area contributed by atoms with E-state index in [9.17, 15) is 0 Å². The second-order valence-corrected chi connectivity index (χ2v) is 15.8. The third-order valence-corrected chi connectivity index (χ3v) is 12.6. The van der Waals surface area contributed by atoms with E-state index in [1.54, 1.807) is 0 Å². The lowest BCUT2D eigenvalue weighted by Crippen LogP contribution is -2.02. The molecule has 4 aromatic heterocycles. The maximum Gasteiger partial charge on any atom is 0.162 e. The smallest absolute Gasteiger partial charge is 0.162 e. The fraction of sp³-hybridized carbons (Fsp3) is 0. The minimum absolute atomic E-state index is 0.694. The van der Waals surface area contributed by atoms with E-state index in [0.717, 1.165) is 50.4 Å². The molecule has 4 heterocycles. The number of hydrogen-bond donors (Lipinski definition) is 0. The number of para-hydroxylation sites is 3. The van der Waals surface area contributed by atoms with Crippen LogP contribution in [0.1, 0.15) is 0 Å². The molecule has 0 N–H and O–H groups in total. The highest BCUT2D eigenvalue weighted by Crippen LogP contribution is 2.46. The molecule has 12 aromatic rings. The Morgan fingerprint density at radius 2 is 1.02 bits per heavy atom. The van der Waals surface area contributed by atoms with Gasteiger partial charge in [-0.1, -0.05) is 164 Å². The number of benzene rings is 8. The molecule has 0 bridgehead atoms. The van der Waals surface area contributed by atoms with Crippen molar-refractivity contribution in [2.75, 3.05) is 0 Å². The Hall–Kier alpha value is -7.47. The molecule has 58 heavy (non-hydrogen) atoms. The van der Waals surface area contributed by atoms with E-state index in [4.69, 9.17) is 15.0 Å². The van der Waals surface area contributed by atoms with Crippen LogP contribution in [0, 0.1) is 0 Å². The summed E-state index contributed by atoms with van der Waals surface area (Å²) in [6, 6.07) is 68.8. The molecule has 0 atom stereocenters. The molecule has 12 rings (SSSR count). The van der Waals surface area contributed by atoms with Crippen LogP contribution < -0.4 is 0 Å². The Bertz CT molecular complexity index is 3500. The summed E-state index contributed by atoms with van der Waals surface area (Å²) in [5.41, 5.74) is 10.7. The van der Waals surface area contributed by atoms with Gasteiger partial charge in [0.2, 0.25) is 0 Å². The molecular formula is C53H32N4S. The van der Waals surface area contributed by atoms with E-state index >= 15 is 0 Å². The van der Waals surface area contributed by atoms with Crippen LogP contribution in [0.15, 0.2) is 194 Å². The average molecular weight is 757 g/mol. The van der Waals surface area contributed by atoms with Crippen molar-refractivity contribution < 1.29 is 0 Å². The van der Waals surface area contributed by atoms with Crippen LogP contribution >= 0.6 is 11.3 Å². The predicted octanol–water partition coefficient (Wildman–Crippen LogP) is 14.3. The van der Waals surface area contributed by atoms with E-state index in [0.29, 0.717) is 5.82 Å². The van der Waals surface area contributed by atoms with Crippen LogP contribution in [-0.2, 0) is 0 Å². The molecule has 0 spiro atoms. The Labute approximate surface area is 338 Å². The molecule has 0 aliphatic carbocycles. The summed E-state index contributed by atoms with van der Waals surface area (Å²) < 4.78 is 4.82. The molecule has 0 unspecified atom stereocenters. The van der Waals surface area contributed by atoms with Gasteiger partial charge in [-0.15, -0.1) is 11.3 Å². The van der Waals surface area contributed by atoms with Gasteiger partial charge in [0.1, 0.15) is 5.82 Å². The van der Waals surface area contributed by atoms with Gasteiger partial charge in [0, 0.05) is 69.9 Å². The SMILES string of the molecule is c1ccc(-c2nc(-c3ccc(-c4cccc5c4sc4ccc6c(-c7ccccc7)nc7ccccc7c6c45)cc3)cc(-n3c4ccccc4c4ccccc43)n2)cc1. The van der Waals surface area contributed by atoms with Gasteiger partial charge < -0.3 is 0 Å². The maximum atomic E-state index is 5.21. The number of rotatable bonds is 5. The van der Waals surface area contributed by atoms with Crippen molar-refractivity contribution >= 4 is 75.0 Å². The number of aromatic nitrogens is 4. The molecule has 0 aliphatic heterocycles. The van der Waals surface area contributed by atoms with Gasteiger partial charge in [0.15, 0.2) is 5.82 Å². The van der Waals surface area contributed by atoms with Crippen molar-refractivity contribution in [2.24, 2.45) is 0 Å². The van der Waals surface area contributed by atoms with Crippen LogP contribution in [-0.4, -0.2) is 19.5 Å². The standard InChI is InChI=1S/C53H32N4S/c1-3-14-35(15-4-1)51-41-30-31-47-50(49(41)40-20-7-10-23-43(40)54-51)42-22-13-21-37(52(42)58-47)33-26-28-34(29-27-33)44-32-48(56-53(55-44)36-16-5-2-6-17-36)57-45-24-11-8-18-38(45)39-19-9-12-25-46(39)57/h1-32H. The van der Waals surface area contributed by atoms with Crippen LogP contribution in [0.2, 0.25) is 0 Å². The van der Waals surface area contributed by atoms with Crippen LogP contribution in [0.5, 0.6) is 0 Å². The molecule has 270 valence electrons. The first-order valence-electron chi connectivity index (χ1n) is 19.5. The zero-order chi connectivity index (χ0) is 38.2. The van der Waals surface area contributed by atoms with E-state index in [1.807, 2.05) is 29.5 Å². The molecule has 0 amide bonds. The quantitative estimate of drug-likeness (QED) is 0.164. The molecule has 0 aliphatic rings. The number of fused-ring (bicyclic) bond motifs is 10. The minimum Gasteiger partial charge on any atom is -0.294 e. The first-order chi connectivity index (χ1) is 28.8. The molecule has 0 radical (unpaired) electrons. The normalized spacial score (nSPS) is 11.8. The Morgan fingerprint density at radius 1 is 0.397 bits per heavy atom. The number of nitrogens with zero attached hydrogens (tertiary/aromatic N) is 4. The van der Waals surface area contributed by atoms with Crippen molar-refractivity contribution in [3.63, 3.8) is 0 Å². The summed E-state index contributed by atoms with van der Waals surface area (Å²) in [5, 5.41) is 8.57. The van der Waals surface area contributed by atoms with Gasteiger partial charge in [-0.3, -0.25) is 4.57 Å². The maximum absolute atomic E-state index is 5.21. The monoisotopic (exact) mass is 756 g/mol. The highest BCUT2D eigenvalue weighted by atomic mass is 32.1. The lowest BCUT2D eigenvalue weighted by atomic mass is 9.95. The largest absolute Gasteiger partial charge is 0.294 e. The highest BCUT2D eigenvalue weighted by Gasteiger charge is 2.19. The minimum atomic E-state index is 0.694. The van der Waals surface area contributed by atoms with Crippen LogP contribution in [0.25, 0.3) is 115 Å². The van der Waals surface area contributed by atoms with Crippen molar-refractivity contribution in [1.82, 2.24) is 19.5 Å². The summed E-state index contributed by atoms with van der Waals surface area (Å²) in [6.45, 7) is 0. The third kappa shape index (κ3) is 5.11. The number of pyridine rings is 1. The van der Waals surface area contributed by atoms with E-state index in [2.05, 4.69) is 180 Å². The Balaban J connectivity index is 1.02. The second-order valence-electron chi connectivity index (χ2n) is 14.7. The summed E-state index contributed by atoms with van der Waals surface area (Å²) in [6.07, 6.45) is 0. The number of thiophene rings is 1. The molecule has 5 heteroatoms. The summed E-state index contributed by atoms with van der Waals surface area (Å²) in [4.78, 5) is 15.6. The summed E-state index contributed by atoms with van der Waals surface area (Å²) in [7, 11) is 0. The van der Waals surface area contributed by atoms with E-state index in [1.165, 1.54) is 58.2 Å². The average Bonchev–Trinajstić information content (AvgIpc) is 3.85. The summed E-state index contributed by atoms with van der Waals surface area (Å²) >= 11 is 1.87. The predicted molar refractivity (Wildman–Crippen MR) is 244 cm³/mol. The topological polar surface area (TPSA) is 43.6 Å². The van der Waals surface area contributed by atoms with Crippen LogP contribution in [0.4, 0.5) is 0 Å². The van der Waals surface area contributed by atoms with Gasteiger partial charge in [-0.05, 0) is 35.4 Å². The van der Waals surface area contributed by atoms with Gasteiger partial charge in [0.05, 0.1) is 27.9 Å². The number of hydrogen-bond acceptors (Lipinski definition) is 4. The Morgan fingerprint density at radius 3 is 1.76 bits per heavy atom. The zero-order valence-corrected chi connectivity index (χ0v) is 32.0.